The number of rotatable bonds is 4. The molecule has 0 fully saturated rings. The third-order valence-corrected chi connectivity index (χ3v) is 2.87. The molecular weight excluding hydrogens is 256 g/mol. The normalized spacial score (nSPS) is 10.4. The van der Waals surface area contributed by atoms with Crippen molar-refractivity contribution in [2.45, 2.75) is 20.4 Å². The first-order valence-corrected chi connectivity index (χ1v) is 5.62. The molecule has 0 aromatic carbocycles. The Balaban J connectivity index is 2.21. The Morgan fingerprint density at radius 3 is 2.83 bits per heavy atom. The molecule has 18 heavy (non-hydrogen) atoms. The van der Waals surface area contributed by atoms with E-state index in [1.807, 2.05) is 13.8 Å². The Morgan fingerprint density at radius 2 is 2.22 bits per heavy atom. The highest BCUT2D eigenvalue weighted by Gasteiger charge is 2.12. The lowest BCUT2D eigenvalue weighted by atomic mass is 10.2. The molecule has 0 amide bonds. The van der Waals surface area contributed by atoms with Gasteiger partial charge in [0.05, 0.1) is 11.3 Å². The molecule has 0 aliphatic carbocycles. The summed E-state index contributed by atoms with van der Waals surface area (Å²) in [5.74, 6) is 1.12. The van der Waals surface area contributed by atoms with Crippen LogP contribution >= 0.6 is 11.6 Å². The van der Waals surface area contributed by atoms with E-state index < -0.39 is 0 Å². The van der Waals surface area contributed by atoms with Gasteiger partial charge in [-0.2, -0.15) is 0 Å². The zero-order chi connectivity index (χ0) is 13.1. The number of aldehydes is 1. The number of aryl methyl sites for hydroxylation is 2. The van der Waals surface area contributed by atoms with Gasteiger partial charge in [-0.15, -0.1) is 0 Å². The summed E-state index contributed by atoms with van der Waals surface area (Å²) < 4.78 is 5.05. The van der Waals surface area contributed by atoms with Gasteiger partial charge in [-0.3, -0.25) is 4.79 Å². The summed E-state index contributed by atoms with van der Waals surface area (Å²) in [7, 11) is 0. The first-order valence-electron chi connectivity index (χ1n) is 5.24. The molecule has 0 aliphatic heterocycles. The van der Waals surface area contributed by atoms with Gasteiger partial charge in [0.1, 0.15) is 23.1 Å². The van der Waals surface area contributed by atoms with Crippen LogP contribution in [0.5, 0.6) is 0 Å². The molecule has 2 aromatic heterocycles. The van der Waals surface area contributed by atoms with Gasteiger partial charge in [0.15, 0.2) is 6.29 Å². The van der Waals surface area contributed by atoms with Crippen molar-refractivity contribution in [1.29, 1.82) is 0 Å². The highest BCUT2D eigenvalue weighted by molar-refractivity contribution is 6.32. The van der Waals surface area contributed by atoms with Crippen LogP contribution in [-0.4, -0.2) is 21.4 Å². The third-order valence-electron chi connectivity index (χ3n) is 2.57. The molecule has 2 heterocycles. The molecule has 0 spiro atoms. The molecule has 0 saturated carbocycles. The number of carbonyl (C=O) groups is 1. The summed E-state index contributed by atoms with van der Waals surface area (Å²) in [5.41, 5.74) is 1.97. The molecule has 7 heteroatoms. The first kappa shape index (κ1) is 12.5. The second-order valence-corrected chi connectivity index (χ2v) is 4.06. The number of hydrogen-bond donors (Lipinski definition) is 1. The van der Waals surface area contributed by atoms with Gasteiger partial charge >= 0.3 is 0 Å². The first-order chi connectivity index (χ1) is 8.63. The van der Waals surface area contributed by atoms with Crippen LogP contribution in [0.1, 0.15) is 27.4 Å². The van der Waals surface area contributed by atoms with Gasteiger partial charge in [-0.05, 0) is 13.8 Å². The SMILES string of the molecule is Cc1noc(C)c1CNc1ncnc(Cl)c1C=O. The predicted octanol–water partition coefficient (Wildman–Crippen LogP) is 2.16. The maximum Gasteiger partial charge on any atom is 0.156 e. The number of aromatic nitrogens is 3. The summed E-state index contributed by atoms with van der Waals surface area (Å²) in [6, 6.07) is 0. The minimum absolute atomic E-state index is 0.126. The van der Waals surface area contributed by atoms with Crippen LogP contribution < -0.4 is 5.32 Å². The number of nitrogens with one attached hydrogen (secondary N) is 1. The van der Waals surface area contributed by atoms with Crippen molar-refractivity contribution in [2.24, 2.45) is 0 Å². The number of anilines is 1. The van der Waals surface area contributed by atoms with Crippen molar-refractivity contribution in [3.05, 3.63) is 34.1 Å². The van der Waals surface area contributed by atoms with E-state index in [-0.39, 0.29) is 10.7 Å². The number of nitrogens with zero attached hydrogens (tertiary/aromatic N) is 3. The van der Waals surface area contributed by atoms with Crippen molar-refractivity contribution < 1.29 is 9.32 Å². The van der Waals surface area contributed by atoms with Crippen molar-refractivity contribution in [1.82, 2.24) is 15.1 Å². The van der Waals surface area contributed by atoms with E-state index in [4.69, 9.17) is 16.1 Å². The molecule has 0 radical (unpaired) electrons. The molecule has 6 nitrogen and oxygen atoms in total. The molecule has 0 bridgehead atoms. The van der Waals surface area contributed by atoms with E-state index in [1.54, 1.807) is 0 Å². The highest BCUT2D eigenvalue weighted by atomic mass is 35.5. The summed E-state index contributed by atoms with van der Waals surface area (Å²) >= 11 is 5.80. The van der Waals surface area contributed by atoms with Crippen LogP contribution in [0.15, 0.2) is 10.9 Å². The van der Waals surface area contributed by atoms with E-state index in [1.165, 1.54) is 6.33 Å². The van der Waals surface area contributed by atoms with Gasteiger partial charge in [-0.25, -0.2) is 9.97 Å². The van der Waals surface area contributed by atoms with E-state index in [9.17, 15) is 4.79 Å². The summed E-state index contributed by atoms with van der Waals surface area (Å²) in [4.78, 5) is 18.6. The molecule has 1 N–H and O–H groups in total. The van der Waals surface area contributed by atoms with Crippen LogP contribution in [0.25, 0.3) is 0 Å². The lowest BCUT2D eigenvalue weighted by molar-refractivity contribution is 0.112. The maximum absolute atomic E-state index is 10.9. The fourth-order valence-corrected chi connectivity index (χ4v) is 1.72. The quantitative estimate of drug-likeness (QED) is 0.675. The lowest BCUT2D eigenvalue weighted by Gasteiger charge is -2.07. The number of hydrogen-bond acceptors (Lipinski definition) is 6. The lowest BCUT2D eigenvalue weighted by Crippen LogP contribution is -2.06. The van der Waals surface area contributed by atoms with E-state index >= 15 is 0 Å². The molecule has 0 unspecified atom stereocenters. The van der Waals surface area contributed by atoms with Crippen LogP contribution in [0.2, 0.25) is 5.15 Å². The van der Waals surface area contributed by atoms with Gasteiger partial charge in [-0.1, -0.05) is 16.8 Å². The number of carbonyl (C=O) groups excluding carboxylic acids is 1. The topological polar surface area (TPSA) is 80.9 Å². The van der Waals surface area contributed by atoms with Gasteiger partial charge in [0.2, 0.25) is 0 Å². The average molecular weight is 267 g/mol. The Labute approximate surface area is 108 Å². The number of halogens is 1. The summed E-state index contributed by atoms with van der Waals surface area (Å²) in [5, 5.41) is 6.99. The van der Waals surface area contributed by atoms with Gasteiger partial charge in [0.25, 0.3) is 0 Å². The van der Waals surface area contributed by atoms with Crippen molar-refractivity contribution in [3.63, 3.8) is 0 Å². The monoisotopic (exact) mass is 266 g/mol. The molecule has 94 valence electrons. The highest BCUT2D eigenvalue weighted by Crippen LogP contribution is 2.19. The van der Waals surface area contributed by atoms with Crippen molar-refractivity contribution in [3.8, 4) is 0 Å². The average Bonchev–Trinajstić information content (AvgIpc) is 2.67. The van der Waals surface area contributed by atoms with Gasteiger partial charge < -0.3 is 9.84 Å². The van der Waals surface area contributed by atoms with E-state index in [2.05, 4.69) is 20.4 Å². The smallest absolute Gasteiger partial charge is 0.156 e. The van der Waals surface area contributed by atoms with Crippen molar-refractivity contribution in [2.75, 3.05) is 5.32 Å². The van der Waals surface area contributed by atoms with Gasteiger partial charge in [0, 0.05) is 12.1 Å². The predicted molar refractivity (Wildman–Crippen MR) is 65.7 cm³/mol. The van der Waals surface area contributed by atoms with Crippen molar-refractivity contribution >= 4 is 23.7 Å². The van der Waals surface area contributed by atoms with E-state index in [0.717, 1.165) is 17.0 Å². The summed E-state index contributed by atoms with van der Waals surface area (Å²) in [6.45, 7) is 4.13. The van der Waals surface area contributed by atoms with Crippen LogP contribution in [0.3, 0.4) is 0 Å². The fourth-order valence-electron chi connectivity index (χ4n) is 1.55. The second kappa shape index (κ2) is 5.14. The minimum Gasteiger partial charge on any atom is -0.365 e. The molecule has 0 saturated heterocycles. The Morgan fingerprint density at radius 1 is 1.44 bits per heavy atom. The Kier molecular flexibility index (Phi) is 3.57. The Hall–Kier alpha value is -1.95. The summed E-state index contributed by atoms with van der Waals surface area (Å²) in [6.07, 6.45) is 1.92. The van der Waals surface area contributed by atoms with Crippen LogP contribution in [-0.2, 0) is 6.54 Å². The molecule has 2 rings (SSSR count). The molecule has 0 aliphatic rings. The standard InChI is InChI=1S/C11H11ClN4O2/c1-6-8(7(2)18-16-6)3-13-11-9(4-17)10(12)14-5-15-11/h4-5H,3H2,1-2H3,(H,13,14,15). The molecule has 0 atom stereocenters. The Bertz CT molecular complexity index is 563. The second-order valence-electron chi connectivity index (χ2n) is 3.70. The minimum atomic E-state index is 0.126. The zero-order valence-electron chi connectivity index (χ0n) is 9.90. The van der Waals surface area contributed by atoms with Crippen LogP contribution in [0.4, 0.5) is 5.82 Å². The third kappa shape index (κ3) is 2.33. The maximum atomic E-state index is 10.9. The molecule has 2 aromatic rings. The largest absolute Gasteiger partial charge is 0.365 e. The molecular formula is C11H11ClN4O2. The fraction of sp³-hybridized carbons (Fsp3) is 0.273. The zero-order valence-corrected chi connectivity index (χ0v) is 10.7. The van der Waals surface area contributed by atoms with Crippen LogP contribution in [0, 0.1) is 13.8 Å². The van der Waals surface area contributed by atoms with E-state index in [0.29, 0.717) is 18.6 Å².